The largest absolute Gasteiger partial charge is 0.465 e. The molecular weight excluding hydrogens is 184 g/mol. The lowest BCUT2D eigenvalue weighted by atomic mass is 10.7. The third kappa shape index (κ3) is 2.35. The monoisotopic (exact) mass is 192 g/mol. The molecule has 0 heterocycles. The van der Waals surface area contributed by atoms with Crippen molar-refractivity contribution in [2.75, 3.05) is 14.1 Å². The molecule has 7 heteroatoms. The molecule has 0 spiro atoms. The molecule has 0 aromatic rings. The predicted octanol–water partition coefficient (Wildman–Crippen LogP) is 0.491. The first-order chi connectivity index (χ1) is 5.37. The van der Waals surface area contributed by atoms with Gasteiger partial charge < -0.3 is 10.2 Å². The molecule has 0 bridgehead atoms. The van der Waals surface area contributed by atoms with Gasteiger partial charge in [0.05, 0.1) is 0 Å². The minimum absolute atomic E-state index is 0.282. The molecule has 0 rings (SSSR count). The molecule has 0 aliphatic carbocycles. The van der Waals surface area contributed by atoms with Crippen molar-refractivity contribution in [1.82, 2.24) is 9.80 Å². The van der Waals surface area contributed by atoms with E-state index in [-0.39, 0.29) is 5.11 Å². The van der Waals surface area contributed by atoms with Crippen LogP contribution in [-0.2, 0) is 0 Å². The van der Waals surface area contributed by atoms with Gasteiger partial charge in [0.2, 0.25) is 0 Å². The highest BCUT2D eigenvalue weighted by Crippen LogP contribution is 1.95. The molecule has 6 nitrogen and oxygen atoms in total. The van der Waals surface area contributed by atoms with Gasteiger partial charge in [-0.1, -0.05) is 0 Å². The second-order valence-electron chi connectivity index (χ2n) is 1.97. The van der Waals surface area contributed by atoms with Gasteiger partial charge in [-0.15, -0.1) is 0 Å². The topological polar surface area (TPSA) is 81.1 Å². The van der Waals surface area contributed by atoms with Crippen LogP contribution in [0.3, 0.4) is 0 Å². The van der Waals surface area contributed by atoms with Crippen LogP contribution in [0.15, 0.2) is 0 Å². The molecule has 0 fully saturated rings. The highest BCUT2D eigenvalue weighted by Gasteiger charge is 2.19. The van der Waals surface area contributed by atoms with Gasteiger partial charge in [0.15, 0.2) is 5.11 Å². The molecule has 0 saturated heterocycles. The summed E-state index contributed by atoms with van der Waals surface area (Å²) in [5.41, 5.74) is 0. The molecule has 0 unspecified atom stereocenters. The van der Waals surface area contributed by atoms with Crippen molar-refractivity contribution in [2.45, 2.75) is 0 Å². The summed E-state index contributed by atoms with van der Waals surface area (Å²) in [4.78, 5) is 21.9. The average molecular weight is 192 g/mol. The SMILES string of the molecule is CN(C(=O)O)C(=S)N(C)C(=O)O. The van der Waals surface area contributed by atoms with Crippen LogP contribution >= 0.6 is 12.2 Å². The number of carbonyl (C=O) groups is 2. The van der Waals surface area contributed by atoms with Crippen LogP contribution in [-0.4, -0.2) is 51.4 Å². The number of rotatable bonds is 0. The van der Waals surface area contributed by atoms with Crippen molar-refractivity contribution >= 4 is 29.5 Å². The summed E-state index contributed by atoms with van der Waals surface area (Å²) in [6.45, 7) is 0. The summed E-state index contributed by atoms with van der Waals surface area (Å²) in [5.74, 6) is 0. The van der Waals surface area contributed by atoms with Crippen LogP contribution in [0, 0.1) is 0 Å². The summed E-state index contributed by atoms with van der Waals surface area (Å²) in [6.07, 6.45) is -2.60. The Bertz CT molecular complexity index is 207. The maximum atomic E-state index is 10.3. The van der Waals surface area contributed by atoms with E-state index in [0.717, 1.165) is 0 Å². The van der Waals surface area contributed by atoms with E-state index in [1.165, 1.54) is 14.1 Å². The molecule has 68 valence electrons. The summed E-state index contributed by atoms with van der Waals surface area (Å²) >= 11 is 4.54. The Balaban J connectivity index is 4.39. The lowest BCUT2D eigenvalue weighted by Gasteiger charge is -2.20. The molecule has 0 saturated carbocycles. The van der Waals surface area contributed by atoms with E-state index in [2.05, 4.69) is 12.2 Å². The normalized spacial score (nSPS) is 8.83. The first-order valence-corrected chi connectivity index (χ1v) is 3.26. The van der Waals surface area contributed by atoms with Gasteiger partial charge >= 0.3 is 12.2 Å². The summed E-state index contributed by atoms with van der Waals surface area (Å²) in [7, 11) is 2.34. The summed E-state index contributed by atoms with van der Waals surface area (Å²) < 4.78 is 0. The molecular formula is C5H8N2O4S. The minimum atomic E-state index is -1.30. The first kappa shape index (κ1) is 10.6. The summed E-state index contributed by atoms with van der Waals surface area (Å²) in [5, 5.41) is 16.5. The van der Waals surface area contributed by atoms with Crippen LogP contribution in [0.2, 0.25) is 0 Å². The highest BCUT2D eigenvalue weighted by molar-refractivity contribution is 7.80. The van der Waals surface area contributed by atoms with Gasteiger partial charge in [0.25, 0.3) is 0 Å². The third-order valence-corrected chi connectivity index (χ3v) is 1.70. The van der Waals surface area contributed by atoms with Gasteiger partial charge in [-0.3, -0.25) is 9.80 Å². The Morgan fingerprint density at radius 1 is 1.08 bits per heavy atom. The predicted molar refractivity (Wildman–Crippen MR) is 44.2 cm³/mol. The van der Waals surface area contributed by atoms with E-state index in [1.54, 1.807) is 0 Å². The lowest BCUT2D eigenvalue weighted by molar-refractivity contribution is 0.163. The van der Waals surface area contributed by atoms with E-state index in [0.29, 0.717) is 9.80 Å². The Kier molecular flexibility index (Phi) is 3.42. The lowest BCUT2D eigenvalue weighted by Crippen LogP contribution is -2.43. The maximum Gasteiger partial charge on any atom is 0.413 e. The van der Waals surface area contributed by atoms with Gasteiger partial charge in [0, 0.05) is 14.1 Å². The molecule has 0 aliphatic rings. The van der Waals surface area contributed by atoms with Crippen LogP contribution in [0.5, 0.6) is 0 Å². The Hall–Kier alpha value is -1.37. The Labute approximate surface area is 74.0 Å². The quantitative estimate of drug-likeness (QED) is 0.546. The number of hydrogen-bond donors (Lipinski definition) is 2. The number of hydrogen-bond acceptors (Lipinski definition) is 3. The van der Waals surface area contributed by atoms with E-state index in [1.807, 2.05) is 0 Å². The second kappa shape index (κ2) is 3.86. The first-order valence-electron chi connectivity index (χ1n) is 2.85. The number of thiocarbonyl (C=S) groups is 1. The molecule has 0 atom stereocenters. The zero-order chi connectivity index (χ0) is 9.89. The van der Waals surface area contributed by atoms with Crippen LogP contribution in [0.1, 0.15) is 0 Å². The van der Waals surface area contributed by atoms with E-state index >= 15 is 0 Å². The van der Waals surface area contributed by atoms with Crippen molar-refractivity contribution < 1.29 is 19.8 Å². The molecule has 2 N–H and O–H groups in total. The summed E-state index contributed by atoms with van der Waals surface area (Å²) in [6, 6.07) is 0. The number of carboxylic acid groups (broad SMARTS) is 2. The third-order valence-electron chi connectivity index (χ3n) is 1.15. The van der Waals surface area contributed by atoms with Gasteiger partial charge in [0.1, 0.15) is 0 Å². The fourth-order valence-corrected chi connectivity index (χ4v) is 0.545. The fraction of sp³-hybridized carbons (Fsp3) is 0.400. The highest BCUT2D eigenvalue weighted by atomic mass is 32.1. The van der Waals surface area contributed by atoms with Crippen LogP contribution in [0.25, 0.3) is 0 Å². The number of amides is 2. The van der Waals surface area contributed by atoms with Crippen molar-refractivity contribution in [3.05, 3.63) is 0 Å². The second-order valence-corrected chi connectivity index (χ2v) is 2.33. The van der Waals surface area contributed by atoms with Crippen molar-refractivity contribution in [2.24, 2.45) is 0 Å². The molecule has 12 heavy (non-hydrogen) atoms. The molecule has 0 radical (unpaired) electrons. The molecule has 0 aromatic carbocycles. The smallest absolute Gasteiger partial charge is 0.413 e. The molecule has 0 aromatic heterocycles. The molecule has 2 amide bonds. The number of nitrogens with zero attached hydrogens (tertiary/aromatic N) is 2. The van der Waals surface area contributed by atoms with E-state index < -0.39 is 12.2 Å². The van der Waals surface area contributed by atoms with Crippen molar-refractivity contribution in [1.29, 1.82) is 0 Å². The fourth-order valence-electron chi connectivity index (χ4n) is 0.389. The van der Waals surface area contributed by atoms with Gasteiger partial charge in [-0.2, -0.15) is 0 Å². The average Bonchev–Trinajstić information content (AvgIpc) is 2.00. The van der Waals surface area contributed by atoms with Crippen molar-refractivity contribution in [3.8, 4) is 0 Å². The van der Waals surface area contributed by atoms with Crippen LogP contribution in [0.4, 0.5) is 9.59 Å². The minimum Gasteiger partial charge on any atom is -0.465 e. The Morgan fingerprint density at radius 2 is 1.33 bits per heavy atom. The zero-order valence-corrected chi connectivity index (χ0v) is 7.33. The van der Waals surface area contributed by atoms with Crippen molar-refractivity contribution in [3.63, 3.8) is 0 Å². The van der Waals surface area contributed by atoms with Gasteiger partial charge in [-0.25, -0.2) is 9.59 Å². The van der Waals surface area contributed by atoms with E-state index in [4.69, 9.17) is 10.2 Å². The molecule has 0 aliphatic heterocycles. The maximum absolute atomic E-state index is 10.3. The zero-order valence-electron chi connectivity index (χ0n) is 6.51. The standard InChI is InChI=1S/C5H8N2O4S/c1-6(4(8)9)3(12)7(2)5(10)11/h1-2H3,(H,8,9)(H,10,11). The van der Waals surface area contributed by atoms with Gasteiger partial charge in [-0.05, 0) is 12.2 Å². The Morgan fingerprint density at radius 3 is 1.50 bits per heavy atom. The van der Waals surface area contributed by atoms with E-state index in [9.17, 15) is 9.59 Å². The van der Waals surface area contributed by atoms with Crippen LogP contribution < -0.4 is 0 Å².